The van der Waals surface area contributed by atoms with E-state index in [1.165, 1.54) is 6.26 Å². The number of sulfone groups is 1. The Hall–Kier alpha value is -1.11. The number of aryl methyl sites for hydroxylation is 1. The van der Waals surface area contributed by atoms with Gasteiger partial charge in [0.25, 0.3) is 0 Å². The summed E-state index contributed by atoms with van der Waals surface area (Å²) in [4.78, 5) is 11.7. The lowest BCUT2D eigenvalue weighted by atomic mass is 10.2. The highest BCUT2D eigenvalue weighted by Crippen LogP contribution is 2.19. The zero-order valence-electron chi connectivity index (χ0n) is 11.6. The second-order valence-corrected chi connectivity index (χ2v) is 7.36. The van der Waals surface area contributed by atoms with Gasteiger partial charge in [-0.3, -0.25) is 4.79 Å². The molecule has 0 aliphatic heterocycles. The van der Waals surface area contributed by atoms with Gasteiger partial charge in [0.2, 0.25) is 5.91 Å². The minimum absolute atomic E-state index is 0.120. The summed E-state index contributed by atoms with van der Waals surface area (Å²) < 4.78 is 21.8. The maximum absolute atomic E-state index is 11.7. The quantitative estimate of drug-likeness (QED) is 0.749. The predicted octanol–water partition coefficient (Wildman–Crippen LogP) is 1.61. The van der Waals surface area contributed by atoms with Gasteiger partial charge in [0, 0.05) is 17.0 Å². The van der Waals surface area contributed by atoms with Crippen LogP contribution in [0.5, 0.6) is 0 Å². The Kier molecular flexibility index (Phi) is 6.45. The molecule has 5 nitrogen and oxygen atoms in total. The van der Waals surface area contributed by atoms with Crippen molar-refractivity contribution < 1.29 is 13.2 Å². The molecule has 0 aromatic heterocycles. The van der Waals surface area contributed by atoms with Crippen molar-refractivity contribution in [2.45, 2.75) is 13.3 Å². The Bertz CT molecular complexity index is 573. The molecule has 0 radical (unpaired) electrons. The summed E-state index contributed by atoms with van der Waals surface area (Å²) in [6.07, 6.45) is 1.68. The number of hydrogen-bond donors (Lipinski definition) is 2. The van der Waals surface area contributed by atoms with Crippen molar-refractivity contribution in [1.82, 2.24) is 5.32 Å². The van der Waals surface area contributed by atoms with Crippen LogP contribution in [0.15, 0.2) is 18.2 Å². The largest absolute Gasteiger partial charge is 0.325 e. The molecule has 0 heterocycles. The van der Waals surface area contributed by atoms with Gasteiger partial charge in [-0.05, 0) is 37.6 Å². The van der Waals surface area contributed by atoms with E-state index in [0.717, 1.165) is 5.56 Å². The van der Waals surface area contributed by atoms with Gasteiger partial charge in [-0.2, -0.15) is 0 Å². The fraction of sp³-hybridized carbons (Fsp3) is 0.462. The van der Waals surface area contributed by atoms with Crippen LogP contribution in [0.4, 0.5) is 5.69 Å². The highest BCUT2D eigenvalue weighted by atomic mass is 35.5. The van der Waals surface area contributed by atoms with Crippen molar-refractivity contribution in [3.05, 3.63) is 28.8 Å². The third kappa shape index (κ3) is 6.88. The summed E-state index contributed by atoms with van der Waals surface area (Å²) in [5.74, 6) is -0.0654. The third-order valence-corrected chi connectivity index (χ3v) is 3.89. The van der Waals surface area contributed by atoms with Crippen molar-refractivity contribution in [2.75, 3.05) is 30.4 Å². The first-order chi connectivity index (χ1) is 9.28. The van der Waals surface area contributed by atoms with Gasteiger partial charge in [-0.1, -0.05) is 17.7 Å². The molecule has 0 unspecified atom stereocenters. The molecule has 1 aromatic rings. The van der Waals surface area contributed by atoms with Gasteiger partial charge in [0.05, 0.1) is 12.3 Å². The summed E-state index contributed by atoms with van der Waals surface area (Å²) in [7, 11) is -2.94. The van der Waals surface area contributed by atoms with Gasteiger partial charge in [-0.15, -0.1) is 0 Å². The second kappa shape index (κ2) is 7.61. The van der Waals surface area contributed by atoms with Gasteiger partial charge in [-0.25, -0.2) is 8.42 Å². The molecule has 1 amide bonds. The first kappa shape index (κ1) is 16.9. The molecule has 2 N–H and O–H groups in total. The van der Waals surface area contributed by atoms with E-state index in [4.69, 9.17) is 11.6 Å². The summed E-state index contributed by atoms with van der Waals surface area (Å²) >= 11 is 5.86. The van der Waals surface area contributed by atoms with E-state index in [1.807, 2.05) is 13.0 Å². The number of halogens is 1. The Labute approximate surface area is 124 Å². The van der Waals surface area contributed by atoms with Gasteiger partial charge in [0.15, 0.2) is 0 Å². The van der Waals surface area contributed by atoms with Gasteiger partial charge < -0.3 is 10.6 Å². The average molecular weight is 319 g/mol. The van der Waals surface area contributed by atoms with E-state index < -0.39 is 9.84 Å². The van der Waals surface area contributed by atoms with Crippen molar-refractivity contribution in [1.29, 1.82) is 0 Å². The van der Waals surface area contributed by atoms with E-state index in [1.54, 1.807) is 12.1 Å². The van der Waals surface area contributed by atoms with E-state index in [0.29, 0.717) is 23.7 Å². The molecular formula is C13H19ClN2O3S. The number of carbonyl (C=O) groups is 1. The monoisotopic (exact) mass is 318 g/mol. The van der Waals surface area contributed by atoms with Crippen molar-refractivity contribution in [3.63, 3.8) is 0 Å². The van der Waals surface area contributed by atoms with Crippen molar-refractivity contribution in [3.8, 4) is 0 Å². The van der Waals surface area contributed by atoms with Crippen LogP contribution in [0, 0.1) is 6.92 Å². The normalized spacial score (nSPS) is 11.3. The highest BCUT2D eigenvalue weighted by molar-refractivity contribution is 7.90. The average Bonchev–Trinajstić information content (AvgIpc) is 2.32. The van der Waals surface area contributed by atoms with Gasteiger partial charge >= 0.3 is 0 Å². The SMILES string of the molecule is Cc1ccc(Cl)cc1NC(=O)CNCCCS(C)(=O)=O. The lowest BCUT2D eigenvalue weighted by Crippen LogP contribution is -2.29. The molecular weight excluding hydrogens is 300 g/mol. The van der Waals surface area contributed by atoms with E-state index >= 15 is 0 Å². The predicted molar refractivity (Wildman–Crippen MR) is 82.0 cm³/mol. The Morgan fingerprint density at radius 2 is 2.05 bits per heavy atom. The van der Waals surface area contributed by atoms with Crippen molar-refractivity contribution >= 4 is 33.0 Å². The molecule has 112 valence electrons. The first-order valence-electron chi connectivity index (χ1n) is 6.22. The second-order valence-electron chi connectivity index (χ2n) is 4.67. The van der Waals surface area contributed by atoms with Crippen molar-refractivity contribution in [2.24, 2.45) is 0 Å². The molecule has 20 heavy (non-hydrogen) atoms. The summed E-state index contributed by atoms with van der Waals surface area (Å²) in [6.45, 7) is 2.50. The number of nitrogens with one attached hydrogen (secondary N) is 2. The van der Waals surface area contributed by atoms with Crippen LogP contribution in [0.2, 0.25) is 5.02 Å². The molecule has 0 spiro atoms. The molecule has 0 aliphatic rings. The zero-order valence-corrected chi connectivity index (χ0v) is 13.1. The Balaban J connectivity index is 2.32. The van der Waals surface area contributed by atoms with Crippen LogP contribution in [-0.4, -0.2) is 39.4 Å². The minimum atomic E-state index is -2.94. The van der Waals surface area contributed by atoms with E-state index in [-0.39, 0.29) is 18.2 Å². The lowest BCUT2D eigenvalue weighted by molar-refractivity contribution is -0.115. The number of rotatable bonds is 7. The molecule has 0 bridgehead atoms. The maximum atomic E-state index is 11.7. The number of amides is 1. The van der Waals surface area contributed by atoms with E-state index in [2.05, 4.69) is 10.6 Å². The number of anilines is 1. The topological polar surface area (TPSA) is 75.3 Å². The van der Waals surface area contributed by atoms with Gasteiger partial charge in [0.1, 0.15) is 9.84 Å². The zero-order chi connectivity index (χ0) is 15.2. The Morgan fingerprint density at radius 3 is 2.70 bits per heavy atom. The molecule has 0 fully saturated rings. The van der Waals surface area contributed by atoms with Crippen LogP contribution in [0.3, 0.4) is 0 Å². The highest BCUT2D eigenvalue weighted by Gasteiger charge is 2.06. The molecule has 0 atom stereocenters. The number of hydrogen-bond acceptors (Lipinski definition) is 4. The minimum Gasteiger partial charge on any atom is -0.325 e. The van der Waals surface area contributed by atoms with Crippen LogP contribution in [-0.2, 0) is 14.6 Å². The third-order valence-electron chi connectivity index (χ3n) is 2.63. The molecule has 0 saturated heterocycles. The van der Waals surface area contributed by atoms with Crippen LogP contribution >= 0.6 is 11.6 Å². The summed E-state index contributed by atoms with van der Waals surface area (Å²) in [6, 6.07) is 5.28. The molecule has 1 aromatic carbocycles. The number of benzene rings is 1. The summed E-state index contributed by atoms with van der Waals surface area (Å²) in [5, 5.41) is 6.22. The van der Waals surface area contributed by atoms with Crippen LogP contribution < -0.4 is 10.6 Å². The molecule has 0 saturated carbocycles. The first-order valence-corrected chi connectivity index (χ1v) is 8.66. The smallest absolute Gasteiger partial charge is 0.238 e. The molecule has 7 heteroatoms. The van der Waals surface area contributed by atoms with Crippen LogP contribution in [0.1, 0.15) is 12.0 Å². The van der Waals surface area contributed by atoms with E-state index in [9.17, 15) is 13.2 Å². The van der Waals surface area contributed by atoms with Crippen LogP contribution in [0.25, 0.3) is 0 Å². The maximum Gasteiger partial charge on any atom is 0.238 e. The molecule has 0 aliphatic carbocycles. The fourth-order valence-corrected chi connectivity index (χ4v) is 2.43. The Morgan fingerprint density at radius 1 is 1.35 bits per heavy atom. The summed E-state index contributed by atoms with van der Waals surface area (Å²) in [5.41, 5.74) is 1.61. The lowest BCUT2D eigenvalue weighted by Gasteiger charge is -2.09. The molecule has 1 rings (SSSR count). The fourth-order valence-electron chi connectivity index (χ4n) is 1.58. The standard InChI is InChI=1S/C13H19ClN2O3S/c1-10-4-5-11(14)8-12(10)16-13(17)9-15-6-3-7-20(2,18)19/h4-5,8,15H,3,6-7,9H2,1-2H3,(H,16,17). The number of carbonyl (C=O) groups excluding carboxylic acids is 1.